The number of anilines is 1. The van der Waals surface area contributed by atoms with Crippen LogP contribution in [0.15, 0.2) is 29.4 Å². The Labute approximate surface area is 206 Å². The Morgan fingerprint density at radius 1 is 1.48 bits per heavy atom. The molecule has 0 saturated heterocycles. The molecule has 3 aromatic rings. The number of rotatable bonds is 7. The summed E-state index contributed by atoms with van der Waals surface area (Å²) < 4.78 is 7.75. The fourth-order valence-electron chi connectivity index (χ4n) is 3.85. The third-order valence-corrected chi connectivity index (χ3v) is 7.98. The van der Waals surface area contributed by atoms with Crippen molar-refractivity contribution in [3.8, 4) is 11.8 Å². The molecule has 4 rings (SSSR count). The van der Waals surface area contributed by atoms with E-state index in [4.69, 9.17) is 16.3 Å². The van der Waals surface area contributed by atoms with Gasteiger partial charge in [0, 0.05) is 16.9 Å². The minimum atomic E-state index is -0.345. The maximum absolute atomic E-state index is 12.6. The van der Waals surface area contributed by atoms with Gasteiger partial charge in [-0.2, -0.15) is 5.26 Å². The number of nitrogens with zero attached hydrogens (tertiary/aromatic N) is 4. The number of benzene rings is 1. The smallest absolute Gasteiger partial charge is 0.235 e. The lowest BCUT2D eigenvalue weighted by Gasteiger charge is -2.17. The number of hydrogen-bond donors (Lipinski definition) is 1. The molecule has 1 aliphatic carbocycles. The molecule has 0 fully saturated rings. The lowest BCUT2D eigenvalue weighted by Crippen LogP contribution is -2.15. The molecule has 2 aromatic heterocycles. The predicted molar refractivity (Wildman–Crippen MR) is 131 cm³/mol. The van der Waals surface area contributed by atoms with Gasteiger partial charge in [-0.25, -0.2) is 0 Å². The van der Waals surface area contributed by atoms with Crippen molar-refractivity contribution >= 4 is 45.6 Å². The van der Waals surface area contributed by atoms with Crippen molar-refractivity contribution in [2.75, 3.05) is 11.1 Å². The van der Waals surface area contributed by atoms with Gasteiger partial charge in [-0.05, 0) is 55.9 Å². The molecular formula is C23H24ClN5O2S2. The SMILES string of the molecule is CC1CCc2c(sc(NC(=O)CSc3nnc(C(C)Oc4cccc(Cl)c4)n3C)c2C#N)C1. The Balaban J connectivity index is 1.38. The van der Waals surface area contributed by atoms with Crippen molar-refractivity contribution in [3.05, 3.63) is 51.1 Å². The highest BCUT2D eigenvalue weighted by Crippen LogP contribution is 2.39. The summed E-state index contributed by atoms with van der Waals surface area (Å²) in [5, 5.41) is 22.9. The maximum atomic E-state index is 12.6. The van der Waals surface area contributed by atoms with Crippen LogP contribution in [0.3, 0.4) is 0 Å². The van der Waals surface area contributed by atoms with Crippen LogP contribution in [-0.2, 0) is 24.7 Å². The molecule has 2 atom stereocenters. The number of aromatic nitrogens is 3. The molecule has 10 heteroatoms. The number of nitriles is 1. The van der Waals surface area contributed by atoms with Crippen molar-refractivity contribution in [1.82, 2.24) is 14.8 Å². The number of amides is 1. The second-order valence-electron chi connectivity index (χ2n) is 8.12. The van der Waals surface area contributed by atoms with Gasteiger partial charge in [0.1, 0.15) is 16.8 Å². The fourth-order valence-corrected chi connectivity index (χ4v) is 6.13. The summed E-state index contributed by atoms with van der Waals surface area (Å²) in [4.78, 5) is 13.8. The summed E-state index contributed by atoms with van der Waals surface area (Å²) in [6.45, 7) is 4.11. The van der Waals surface area contributed by atoms with Crippen molar-refractivity contribution in [1.29, 1.82) is 5.26 Å². The van der Waals surface area contributed by atoms with E-state index in [1.807, 2.05) is 30.7 Å². The lowest BCUT2D eigenvalue weighted by atomic mass is 9.89. The molecule has 1 amide bonds. The van der Waals surface area contributed by atoms with Crippen molar-refractivity contribution in [2.45, 2.75) is 44.4 Å². The Kier molecular flexibility index (Phi) is 7.27. The minimum Gasteiger partial charge on any atom is -0.483 e. The fraction of sp³-hybridized carbons (Fsp3) is 0.391. The molecular weight excluding hydrogens is 478 g/mol. The molecule has 1 N–H and O–H groups in total. The Hall–Kier alpha value is -2.54. The van der Waals surface area contributed by atoms with Gasteiger partial charge in [0.25, 0.3) is 0 Å². The van der Waals surface area contributed by atoms with Crippen LogP contribution in [0.25, 0.3) is 0 Å². The molecule has 7 nitrogen and oxygen atoms in total. The highest BCUT2D eigenvalue weighted by molar-refractivity contribution is 7.99. The Bertz CT molecular complexity index is 1220. The predicted octanol–water partition coefficient (Wildman–Crippen LogP) is 5.40. The molecule has 33 heavy (non-hydrogen) atoms. The molecule has 0 saturated carbocycles. The number of nitrogens with one attached hydrogen (secondary N) is 1. The van der Waals surface area contributed by atoms with Gasteiger partial charge in [0.2, 0.25) is 5.91 Å². The van der Waals surface area contributed by atoms with Crippen LogP contribution in [-0.4, -0.2) is 26.4 Å². The van der Waals surface area contributed by atoms with E-state index in [2.05, 4.69) is 28.5 Å². The lowest BCUT2D eigenvalue weighted by molar-refractivity contribution is -0.113. The molecule has 0 aliphatic heterocycles. The number of fused-ring (bicyclic) bond motifs is 1. The normalized spacial score (nSPS) is 16.0. The van der Waals surface area contributed by atoms with Gasteiger partial charge in [0.15, 0.2) is 17.1 Å². The summed E-state index contributed by atoms with van der Waals surface area (Å²) in [7, 11) is 1.84. The zero-order valence-electron chi connectivity index (χ0n) is 18.6. The van der Waals surface area contributed by atoms with Gasteiger partial charge in [-0.1, -0.05) is 36.4 Å². The summed E-state index contributed by atoms with van der Waals surface area (Å²) in [5.41, 5.74) is 1.73. The molecule has 0 spiro atoms. The highest BCUT2D eigenvalue weighted by Gasteiger charge is 2.25. The highest BCUT2D eigenvalue weighted by atomic mass is 35.5. The first-order valence-electron chi connectivity index (χ1n) is 10.6. The van der Waals surface area contributed by atoms with Gasteiger partial charge in [-0.15, -0.1) is 21.5 Å². The van der Waals surface area contributed by atoms with Gasteiger partial charge in [0.05, 0.1) is 11.3 Å². The second kappa shape index (κ2) is 10.2. The summed E-state index contributed by atoms with van der Waals surface area (Å²) in [5.74, 6) is 1.89. The van der Waals surface area contributed by atoms with E-state index in [0.717, 1.165) is 24.8 Å². The third kappa shape index (κ3) is 5.35. The van der Waals surface area contributed by atoms with Crippen LogP contribution < -0.4 is 10.1 Å². The molecule has 2 heterocycles. The van der Waals surface area contributed by atoms with Crippen molar-refractivity contribution in [2.24, 2.45) is 13.0 Å². The number of hydrogen-bond acceptors (Lipinski definition) is 7. The van der Waals surface area contributed by atoms with Crippen molar-refractivity contribution in [3.63, 3.8) is 0 Å². The Morgan fingerprint density at radius 3 is 3.06 bits per heavy atom. The number of carbonyl (C=O) groups is 1. The number of carbonyl (C=O) groups excluding carboxylic acids is 1. The molecule has 172 valence electrons. The number of halogens is 1. The molecule has 1 aliphatic rings. The van der Waals surface area contributed by atoms with E-state index in [1.54, 1.807) is 12.1 Å². The van der Waals surface area contributed by atoms with Gasteiger partial charge in [-0.3, -0.25) is 4.79 Å². The second-order valence-corrected chi connectivity index (χ2v) is 10.6. The van der Waals surface area contributed by atoms with Gasteiger partial charge < -0.3 is 14.6 Å². The van der Waals surface area contributed by atoms with E-state index in [9.17, 15) is 10.1 Å². The van der Waals surface area contributed by atoms with E-state index < -0.39 is 0 Å². The Morgan fingerprint density at radius 2 is 2.30 bits per heavy atom. The largest absolute Gasteiger partial charge is 0.483 e. The topological polar surface area (TPSA) is 92.8 Å². The van der Waals surface area contributed by atoms with E-state index in [1.165, 1.54) is 28.0 Å². The summed E-state index contributed by atoms with van der Waals surface area (Å²) in [6.07, 6.45) is 2.60. The van der Waals surface area contributed by atoms with Crippen LogP contribution in [0, 0.1) is 17.2 Å². The quantitative estimate of drug-likeness (QED) is 0.436. The monoisotopic (exact) mass is 501 g/mol. The summed E-state index contributed by atoms with van der Waals surface area (Å²) in [6, 6.07) is 9.47. The molecule has 0 radical (unpaired) electrons. The minimum absolute atomic E-state index is 0.166. The zero-order chi connectivity index (χ0) is 23.5. The van der Waals surface area contributed by atoms with Crippen LogP contribution in [0.2, 0.25) is 5.02 Å². The summed E-state index contributed by atoms with van der Waals surface area (Å²) >= 11 is 8.84. The van der Waals surface area contributed by atoms with E-state index in [0.29, 0.717) is 38.2 Å². The molecule has 0 bridgehead atoms. The molecule has 1 aromatic carbocycles. The van der Waals surface area contributed by atoms with Gasteiger partial charge >= 0.3 is 0 Å². The molecule has 2 unspecified atom stereocenters. The standard InChI is InChI=1S/C23H24ClN5O2S2/c1-13-7-8-17-18(11-25)22(33-19(17)9-13)26-20(30)12-32-23-28-27-21(29(23)3)14(2)31-16-6-4-5-15(24)10-16/h4-6,10,13-14H,7-9,12H2,1-3H3,(H,26,30). The third-order valence-electron chi connectivity index (χ3n) is 5.55. The number of thiophene rings is 1. The van der Waals surface area contributed by atoms with Crippen LogP contribution >= 0.6 is 34.7 Å². The first-order chi connectivity index (χ1) is 15.9. The van der Waals surface area contributed by atoms with Crippen LogP contribution in [0.1, 0.15) is 48.2 Å². The van der Waals surface area contributed by atoms with E-state index >= 15 is 0 Å². The first kappa shape index (κ1) is 23.6. The number of thioether (sulfide) groups is 1. The average molecular weight is 502 g/mol. The maximum Gasteiger partial charge on any atom is 0.235 e. The number of ether oxygens (including phenoxy) is 1. The van der Waals surface area contributed by atoms with Crippen LogP contribution in [0.5, 0.6) is 5.75 Å². The first-order valence-corrected chi connectivity index (χ1v) is 12.8. The zero-order valence-corrected chi connectivity index (χ0v) is 21.0. The average Bonchev–Trinajstić information content (AvgIpc) is 3.31. The van der Waals surface area contributed by atoms with Crippen molar-refractivity contribution < 1.29 is 9.53 Å². The van der Waals surface area contributed by atoms with Crippen LogP contribution in [0.4, 0.5) is 5.00 Å². The van der Waals surface area contributed by atoms with E-state index in [-0.39, 0.29) is 17.8 Å².